The van der Waals surface area contributed by atoms with E-state index in [2.05, 4.69) is 27.3 Å². The first kappa shape index (κ1) is 14.7. The Kier molecular flexibility index (Phi) is 5.59. The van der Waals surface area contributed by atoms with Gasteiger partial charge in [-0.05, 0) is 79.2 Å². The lowest BCUT2D eigenvalue weighted by Crippen LogP contribution is -2.28. The fraction of sp³-hybridized carbons (Fsp3) is 0.500. The first-order valence-corrected chi connectivity index (χ1v) is 7.77. The van der Waals surface area contributed by atoms with E-state index in [1.807, 2.05) is 19.2 Å². The molecule has 1 atom stereocenters. The maximum absolute atomic E-state index is 13.2. The third-order valence-corrected chi connectivity index (χ3v) is 4.38. The summed E-state index contributed by atoms with van der Waals surface area (Å²) in [4.78, 5) is 0. The van der Waals surface area contributed by atoms with Gasteiger partial charge < -0.3 is 5.32 Å². The Morgan fingerprint density at radius 2 is 2.16 bits per heavy atom. The number of allylic oxidation sites excluding steroid dienone is 1. The van der Waals surface area contributed by atoms with Crippen molar-refractivity contribution in [1.82, 2.24) is 5.32 Å². The summed E-state index contributed by atoms with van der Waals surface area (Å²) < 4.78 is 13.8. The van der Waals surface area contributed by atoms with Crippen LogP contribution in [0.3, 0.4) is 0 Å². The van der Waals surface area contributed by atoms with Crippen molar-refractivity contribution in [2.45, 2.75) is 44.6 Å². The van der Waals surface area contributed by atoms with Crippen LogP contribution in [0.1, 0.15) is 37.7 Å². The van der Waals surface area contributed by atoms with Gasteiger partial charge in [-0.2, -0.15) is 0 Å². The Morgan fingerprint density at radius 3 is 2.79 bits per heavy atom. The second kappa shape index (κ2) is 7.20. The third-order valence-electron chi connectivity index (χ3n) is 3.77. The van der Waals surface area contributed by atoms with Gasteiger partial charge in [0.05, 0.1) is 4.47 Å². The van der Waals surface area contributed by atoms with Gasteiger partial charge in [-0.3, -0.25) is 0 Å². The Bertz CT molecular complexity index is 456. The highest BCUT2D eigenvalue weighted by Gasteiger charge is 2.12. The largest absolute Gasteiger partial charge is 0.316 e. The summed E-state index contributed by atoms with van der Waals surface area (Å²) in [6, 6.07) is 5.72. The molecular weight excluding hydrogens is 305 g/mol. The molecule has 1 aliphatic rings. The van der Waals surface area contributed by atoms with Crippen molar-refractivity contribution in [3.63, 3.8) is 0 Å². The molecule has 3 heteroatoms. The zero-order valence-electron chi connectivity index (χ0n) is 11.4. The molecule has 1 aliphatic carbocycles. The van der Waals surface area contributed by atoms with Crippen LogP contribution in [0.15, 0.2) is 34.3 Å². The summed E-state index contributed by atoms with van der Waals surface area (Å²) in [5.74, 6) is -0.195. The highest BCUT2D eigenvalue weighted by atomic mass is 79.9. The van der Waals surface area contributed by atoms with Gasteiger partial charge in [-0.15, -0.1) is 0 Å². The van der Waals surface area contributed by atoms with Crippen LogP contribution in [0.5, 0.6) is 0 Å². The van der Waals surface area contributed by atoms with Crippen LogP contribution < -0.4 is 5.32 Å². The minimum Gasteiger partial charge on any atom is -0.316 e. The van der Waals surface area contributed by atoms with E-state index >= 15 is 0 Å². The van der Waals surface area contributed by atoms with Crippen LogP contribution in [0.4, 0.5) is 4.39 Å². The Labute approximate surface area is 123 Å². The fourth-order valence-electron chi connectivity index (χ4n) is 2.63. The van der Waals surface area contributed by atoms with E-state index in [-0.39, 0.29) is 5.82 Å². The summed E-state index contributed by atoms with van der Waals surface area (Å²) in [7, 11) is 2.01. The van der Waals surface area contributed by atoms with Crippen molar-refractivity contribution < 1.29 is 4.39 Å². The summed E-state index contributed by atoms with van der Waals surface area (Å²) in [6.07, 6.45) is 9.56. The van der Waals surface area contributed by atoms with Crippen LogP contribution >= 0.6 is 15.9 Å². The quantitative estimate of drug-likeness (QED) is 0.779. The molecule has 1 unspecified atom stereocenters. The molecule has 0 saturated heterocycles. The molecule has 1 aromatic carbocycles. The highest BCUT2D eigenvalue weighted by molar-refractivity contribution is 9.10. The minimum atomic E-state index is -0.195. The second-order valence-corrected chi connectivity index (χ2v) is 6.10. The maximum Gasteiger partial charge on any atom is 0.137 e. The summed E-state index contributed by atoms with van der Waals surface area (Å²) >= 11 is 3.25. The van der Waals surface area contributed by atoms with Crippen LogP contribution in [-0.2, 0) is 6.42 Å². The normalized spacial score (nSPS) is 17.1. The number of hydrogen-bond acceptors (Lipinski definition) is 1. The van der Waals surface area contributed by atoms with E-state index in [1.54, 1.807) is 5.57 Å². The van der Waals surface area contributed by atoms with E-state index in [0.29, 0.717) is 10.5 Å². The smallest absolute Gasteiger partial charge is 0.137 e. The Hall–Kier alpha value is -0.670. The van der Waals surface area contributed by atoms with Gasteiger partial charge in [0, 0.05) is 6.04 Å². The third kappa shape index (κ3) is 4.43. The number of halogens is 2. The molecule has 0 radical (unpaired) electrons. The topological polar surface area (TPSA) is 12.0 Å². The lowest BCUT2D eigenvalue weighted by Gasteiger charge is -2.20. The number of nitrogens with one attached hydrogen (secondary N) is 1. The molecule has 0 aromatic heterocycles. The predicted octanol–water partition coefficient (Wildman–Crippen LogP) is 4.61. The fourth-order valence-corrected chi connectivity index (χ4v) is 3.06. The molecule has 1 nitrogen and oxygen atoms in total. The molecular formula is C16H21BrFN. The average Bonchev–Trinajstić information content (AvgIpc) is 2.43. The van der Waals surface area contributed by atoms with Crippen molar-refractivity contribution in [2.75, 3.05) is 7.05 Å². The minimum absolute atomic E-state index is 0.195. The lowest BCUT2D eigenvalue weighted by molar-refractivity contribution is 0.531. The molecule has 1 N–H and O–H groups in total. The Balaban J connectivity index is 1.97. The molecule has 19 heavy (non-hydrogen) atoms. The zero-order chi connectivity index (χ0) is 13.7. The number of rotatable bonds is 5. The first-order chi connectivity index (χ1) is 9.19. The molecule has 0 aliphatic heterocycles. The SMILES string of the molecule is CNC(CC1=CCCCC1)Cc1ccc(F)c(Br)c1. The van der Waals surface area contributed by atoms with Gasteiger partial charge in [0.1, 0.15) is 5.82 Å². The lowest BCUT2D eigenvalue weighted by atomic mass is 9.92. The van der Waals surface area contributed by atoms with Gasteiger partial charge >= 0.3 is 0 Å². The van der Waals surface area contributed by atoms with Crippen molar-refractivity contribution in [2.24, 2.45) is 0 Å². The Morgan fingerprint density at radius 1 is 1.32 bits per heavy atom. The zero-order valence-corrected chi connectivity index (χ0v) is 13.0. The van der Waals surface area contributed by atoms with Gasteiger partial charge in [0.2, 0.25) is 0 Å². The molecule has 1 aromatic rings. The van der Waals surface area contributed by atoms with Crippen LogP contribution in [0.25, 0.3) is 0 Å². The predicted molar refractivity (Wildman–Crippen MR) is 81.8 cm³/mol. The van der Waals surface area contributed by atoms with Crippen molar-refractivity contribution in [3.05, 3.63) is 45.7 Å². The maximum atomic E-state index is 13.2. The van der Waals surface area contributed by atoms with Crippen molar-refractivity contribution in [1.29, 1.82) is 0 Å². The standard InChI is InChI=1S/C16H21BrFN/c1-19-14(9-12-5-3-2-4-6-12)10-13-7-8-16(18)15(17)11-13/h5,7-8,11,14,19H,2-4,6,9-10H2,1H3. The summed E-state index contributed by atoms with van der Waals surface area (Å²) in [5.41, 5.74) is 2.75. The highest BCUT2D eigenvalue weighted by Crippen LogP contribution is 2.23. The van der Waals surface area contributed by atoms with Crippen LogP contribution in [-0.4, -0.2) is 13.1 Å². The van der Waals surface area contributed by atoms with Crippen LogP contribution in [0.2, 0.25) is 0 Å². The average molecular weight is 326 g/mol. The first-order valence-electron chi connectivity index (χ1n) is 6.98. The van der Waals surface area contributed by atoms with E-state index in [9.17, 15) is 4.39 Å². The second-order valence-electron chi connectivity index (χ2n) is 5.25. The molecule has 0 fully saturated rings. The molecule has 2 rings (SSSR count). The van der Waals surface area contributed by atoms with Gasteiger partial charge in [-0.25, -0.2) is 4.39 Å². The summed E-state index contributed by atoms with van der Waals surface area (Å²) in [5, 5.41) is 3.38. The van der Waals surface area contributed by atoms with Gasteiger partial charge in [-0.1, -0.05) is 17.7 Å². The number of likely N-dealkylation sites (N-methyl/N-ethyl adjacent to an activating group) is 1. The monoisotopic (exact) mass is 325 g/mol. The number of benzene rings is 1. The van der Waals surface area contributed by atoms with Crippen LogP contribution in [0, 0.1) is 5.82 Å². The van der Waals surface area contributed by atoms with Crippen molar-refractivity contribution >= 4 is 15.9 Å². The molecule has 0 saturated carbocycles. The summed E-state index contributed by atoms with van der Waals surface area (Å²) in [6.45, 7) is 0. The van der Waals surface area contributed by atoms with Gasteiger partial charge in [0.25, 0.3) is 0 Å². The molecule has 104 valence electrons. The van der Waals surface area contributed by atoms with Crippen molar-refractivity contribution in [3.8, 4) is 0 Å². The molecule has 0 heterocycles. The van der Waals surface area contributed by atoms with E-state index < -0.39 is 0 Å². The molecule has 0 amide bonds. The van der Waals surface area contributed by atoms with Gasteiger partial charge in [0.15, 0.2) is 0 Å². The van der Waals surface area contributed by atoms with E-state index in [4.69, 9.17) is 0 Å². The van der Waals surface area contributed by atoms with E-state index in [0.717, 1.165) is 12.8 Å². The van der Waals surface area contributed by atoms with E-state index in [1.165, 1.54) is 37.3 Å². The number of hydrogen-bond donors (Lipinski definition) is 1. The molecule has 0 spiro atoms. The molecule has 0 bridgehead atoms.